The minimum absolute atomic E-state index is 0.0572. The Hall–Kier alpha value is -1.63. The van der Waals surface area contributed by atoms with Gasteiger partial charge in [-0.1, -0.05) is 25.1 Å². The van der Waals surface area contributed by atoms with Crippen LogP contribution < -0.4 is 14.8 Å². The molecule has 0 aliphatic heterocycles. The van der Waals surface area contributed by atoms with Gasteiger partial charge < -0.3 is 19.9 Å². The Morgan fingerprint density at radius 1 is 1.28 bits per heavy atom. The Morgan fingerprint density at radius 3 is 2.68 bits per heavy atom. The minimum Gasteiger partial charge on any atom is -0.493 e. The lowest BCUT2D eigenvalue weighted by molar-refractivity contribution is 0.238. The fourth-order valence-corrected chi connectivity index (χ4v) is 2.98. The van der Waals surface area contributed by atoms with Gasteiger partial charge in [0.05, 0.1) is 18.2 Å². The molecule has 0 bridgehead atoms. The molecule has 4 nitrogen and oxygen atoms in total. The zero-order chi connectivity index (χ0) is 18.2. The number of halogens is 2. The molecule has 1 atom stereocenters. The van der Waals surface area contributed by atoms with Crippen LogP contribution in [0.2, 0.25) is 0 Å². The van der Waals surface area contributed by atoms with Crippen LogP contribution >= 0.6 is 15.9 Å². The zero-order valence-corrected chi connectivity index (χ0v) is 16.0. The number of nitrogens with one attached hydrogen (secondary N) is 1. The molecule has 6 heteroatoms. The van der Waals surface area contributed by atoms with E-state index in [1.807, 2.05) is 19.1 Å². The number of aliphatic hydroxyl groups is 1. The summed E-state index contributed by atoms with van der Waals surface area (Å²) in [6.45, 7) is 2.83. The Morgan fingerprint density at radius 2 is 2.04 bits per heavy atom. The van der Waals surface area contributed by atoms with E-state index in [9.17, 15) is 9.50 Å². The SMILES string of the molecule is CC[C@@H](CO)NCc1cc(Br)c(OCc2ccccc2F)c(OC)c1. The summed E-state index contributed by atoms with van der Waals surface area (Å²) in [4.78, 5) is 0. The van der Waals surface area contributed by atoms with Crippen molar-refractivity contribution in [1.29, 1.82) is 0 Å². The van der Waals surface area contributed by atoms with Crippen molar-refractivity contribution in [3.63, 3.8) is 0 Å². The van der Waals surface area contributed by atoms with Crippen LogP contribution in [0, 0.1) is 5.82 Å². The average Bonchev–Trinajstić information content (AvgIpc) is 2.62. The topological polar surface area (TPSA) is 50.7 Å². The monoisotopic (exact) mass is 411 g/mol. The fourth-order valence-electron chi connectivity index (χ4n) is 2.38. The third-order valence-corrected chi connectivity index (χ3v) is 4.52. The van der Waals surface area contributed by atoms with Crippen LogP contribution in [0.5, 0.6) is 11.5 Å². The largest absolute Gasteiger partial charge is 0.493 e. The number of benzene rings is 2. The fraction of sp³-hybridized carbons (Fsp3) is 0.368. The molecule has 2 N–H and O–H groups in total. The lowest BCUT2D eigenvalue weighted by Crippen LogP contribution is -2.31. The molecule has 2 aromatic rings. The average molecular weight is 412 g/mol. The van der Waals surface area contributed by atoms with E-state index in [2.05, 4.69) is 21.2 Å². The zero-order valence-electron chi connectivity index (χ0n) is 14.4. The summed E-state index contributed by atoms with van der Waals surface area (Å²) < 4.78 is 25.7. The van der Waals surface area contributed by atoms with Crippen LogP contribution in [-0.4, -0.2) is 24.9 Å². The summed E-state index contributed by atoms with van der Waals surface area (Å²) in [6.07, 6.45) is 0.846. The van der Waals surface area contributed by atoms with Crippen molar-refractivity contribution in [2.45, 2.75) is 32.5 Å². The highest BCUT2D eigenvalue weighted by molar-refractivity contribution is 9.10. The lowest BCUT2D eigenvalue weighted by atomic mass is 10.1. The standard InChI is InChI=1S/C19H23BrFNO3/c1-3-15(11-23)22-10-13-8-16(20)19(18(9-13)24-2)25-12-14-6-4-5-7-17(14)21/h4-9,15,22-23H,3,10-12H2,1-2H3/t15-/m0/s1. The van der Waals surface area contributed by atoms with Crippen molar-refractivity contribution < 1.29 is 19.0 Å². The Kier molecular flexibility index (Phi) is 7.68. The van der Waals surface area contributed by atoms with E-state index in [1.165, 1.54) is 6.07 Å². The summed E-state index contributed by atoms with van der Waals surface area (Å²) in [5.41, 5.74) is 1.48. The van der Waals surface area contributed by atoms with Gasteiger partial charge >= 0.3 is 0 Å². The van der Waals surface area contributed by atoms with E-state index in [0.29, 0.717) is 23.6 Å². The summed E-state index contributed by atoms with van der Waals surface area (Å²) in [7, 11) is 1.57. The molecule has 0 radical (unpaired) electrons. The second-order valence-corrected chi connectivity index (χ2v) is 6.51. The lowest BCUT2D eigenvalue weighted by Gasteiger charge is -2.17. The van der Waals surface area contributed by atoms with Crippen LogP contribution in [0.25, 0.3) is 0 Å². The van der Waals surface area contributed by atoms with Crippen LogP contribution in [0.1, 0.15) is 24.5 Å². The first-order chi connectivity index (χ1) is 12.1. The van der Waals surface area contributed by atoms with Gasteiger partial charge in [0.15, 0.2) is 11.5 Å². The van der Waals surface area contributed by atoms with Crippen molar-refractivity contribution in [3.05, 3.63) is 57.8 Å². The molecule has 2 rings (SSSR count). The highest BCUT2D eigenvalue weighted by atomic mass is 79.9. The van der Waals surface area contributed by atoms with Crippen LogP contribution in [0.3, 0.4) is 0 Å². The van der Waals surface area contributed by atoms with Crippen molar-refractivity contribution >= 4 is 15.9 Å². The maximum Gasteiger partial charge on any atom is 0.175 e. The van der Waals surface area contributed by atoms with E-state index in [-0.39, 0.29) is 25.1 Å². The van der Waals surface area contributed by atoms with Gasteiger partial charge in [0, 0.05) is 18.2 Å². The molecule has 0 unspecified atom stereocenters. The van der Waals surface area contributed by atoms with E-state index in [1.54, 1.807) is 25.3 Å². The summed E-state index contributed by atoms with van der Waals surface area (Å²) in [6, 6.07) is 10.4. The second-order valence-electron chi connectivity index (χ2n) is 5.66. The number of aliphatic hydroxyl groups excluding tert-OH is 1. The molecule has 0 amide bonds. The van der Waals surface area contributed by atoms with Crippen molar-refractivity contribution in [2.24, 2.45) is 0 Å². The summed E-state index contributed by atoms with van der Waals surface area (Å²) >= 11 is 3.50. The third-order valence-electron chi connectivity index (χ3n) is 3.93. The van der Waals surface area contributed by atoms with Gasteiger partial charge in [0.25, 0.3) is 0 Å². The number of hydrogen-bond acceptors (Lipinski definition) is 4. The molecule has 25 heavy (non-hydrogen) atoms. The molecule has 0 spiro atoms. The molecule has 0 aliphatic rings. The number of hydrogen-bond donors (Lipinski definition) is 2. The summed E-state index contributed by atoms with van der Waals surface area (Å²) in [5.74, 6) is 0.802. The Labute approximate surface area is 156 Å². The van der Waals surface area contributed by atoms with E-state index < -0.39 is 0 Å². The van der Waals surface area contributed by atoms with Crippen molar-refractivity contribution in [3.8, 4) is 11.5 Å². The van der Waals surface area contributed by atoms with Crippen LogP contribution in [0.4, 0.5) is 4.39 Å². The van der Waals surface area contributed by atoms with Gasteiger partial charge in [-0.25, -0.2) is 4.39 Å². The molecule has 0 aliphatic carbocycles. The van der Waals surface area contributed by atoms with Crippen LogP contribution in [-0.2, 0) is 13.2 Å². The Bertz CT molecular complexity index is 692. The molecule has 0 aromatic heterocycles. The molecule has 0 fully saturated rings. The minimum atomic E-state index is -0.298. The predicted octanol–water partition coefficient (Wildman–Crippen LogP) is 4.04. The van der Waals surface area contributed by atoms with Gasteiger partial charge in [-0.2, -0.15) is 0 Å². The molecule has 0 heterocycles. The molecular formula is C19H23BrFNO3. The molecule has 0 saturated heterocycles. The van der Waals surface area contributed by atoms with E-state index in [0.717, 1.165) is 16.5 Å². The van der Waals surface area contributed by atoms with E-state index >= 15 is 0 Å². The normalized spacial score (nSPS) is 12.0. The highest BCUT2D eigenvalue weighted by Crippen LogP contribution is 2.37. The van der Waals surface area contributed by atoms with Gasteiger partial charge in [-0.05, 0) is 46.1 Å². The molecule has 136 valence electrons. The number of ether oxygens (including phenoxy) is 2. The summed E-state index contributed by atoms with van der Waals surface area (Å²) in [5, 5.41) is 12.5. The van der Waals surface area contributed by atoms with Gasteiger partial charge in [0.1, 0.15) is 12.4 Å². The molecule has 2 aromatic carbocycles. The van der Waals surface area contributed by atoms with E-state index in [4.69, 9.17) is 9.47 Å². The second kappa shape index (κ2) is 9.75. The maximum atomic E-state index is 13.7. The van der Waals surface area contributed by atoms with Crippen LogP contribution in [0.15, 0.2) is 40.9 Å². The Balaban J connectivity index is 2.12. The maximum absolute atomic E-state index is 13.7. The predicted molar refractivity (Wildman–Crippen MR) is 99.4 cm³/mol. The first kappa shape index (κ1) is 19.7. The molecular weight excluding hydrogens is 389 g/mol. The quantitative estimate of drug-likeness (QED) is 0.653. The van der Waals surface area contributed by atoms with Gasteiger partial charge in [-0.15, -0.1) is 0 Å². The van der Waals surface area contributed by atoms with Gasteiger partial charge in [0.2, 0.25) is 0 Å². The number of methoxy groups -OCH3 is 1. The van der Waals surface area contributed by atoms with Crippen molar-refractivity contribution in [2.75, 3.05) is 13.7 Å². The third kappa shape index (κ3) is 5.42. The molecule has 0 saturated carbocycles. The number of rotatable bonds is 9. The van der Waals surface area contributed by atoms with Crippen molar-refractivity contribution in [1.82, 2.24) is 5.32 Å². The highest BCUT2D eigenvalue weighted by Gasteiger charge is 2.14. The first-order valence-electron chi connectivity index (χ1n) is 8.15. The smallest absolute Gasteiger partial charge is 0.175 e. The first-order valence-corrected chi connectivity index (χ1v) is 8.95. The van der Waals surface area contributed by atoms with Gasteiger partial charge in [-0.3, -0.25) is 0 Å².